The van der Waals surface area contributed by atoms with Gasteiger partial charge in [-0.15, -0.1) is 0 Å². The number of amides is 2. The first-order valence-electron chi connectivity index (χ1n) is 9.47. The molecular formula is C23H17ClN4O4. The van der Waals surface area contributed by atoms with E-state index >= 15 is 0 Å². The molecule has 0 saturated carbocycles. The van der Waals surface area contributed by atoms with Crippen molar-refractivity contribution in [1.82, 2.24) is 19.7 Å². The molecule has 0 radical (unpaired) electrons. The number of imide groups is 1. The SMILES string of the molecule is CN(C(=O)c1ccccn1)C(=O)c1cc(-c2ccnn2-c2ccccc2Cl)c(O)cc1O. The molecule has 2 N–H and O–H groups in total. The predicted molar refractivity (Wildman–Crippen MR) is 118 cm³/mol. The average Bonchev–Trinajstić information content (AvgIpc) is 3.28. The average molecular weight is 449 g/mol. The van der Waals surface area contributed by atoms with E-state index < -0.39 is 17.6 Å². The molecule has 9 heteroatoms. The number of hydrogen-bond acceptors (Lipinski definition) is 6. The molecule has 4 aromatic rings. The minimum atomic E-state index is -0.761. The van der Waals surface area contributed by atoms with Crippen LogP contribution in [0.1, 0.15) is 20.8 Å². The number of pyridine rings is 1. The van der Waals surface area contributed by atoms with E-state index in [-0.39, 0.29) is 22.6 Å². The quantitative estimate of drug-likeness (QED) is 0.458. The van der Waals surface area contributed by atoms with Crippen molar-refractivity contribution in [3.05, 3.63) is 89.3 Å². The summed E-state index contributed by atoms with van der Waals surface area (Å²) in [5.74, 6) is -2.14. The van der Waals surface area contributed by atoms with E-state index in [1.54, 1.807) is 42.5 Å². The van der Waals surface area contributed by atoms with E-state index in [4.69, 9.17) is 11.6 Å². The number of halogens is 1. The van der Waals surface area contributed by atoms with Gasteiger partial charge in [-0.05, 0) is 36.4 Å². The van der Waals surface area contributed by atoms with Crippen LogP contribution in [0.2, 0.25) is 5.02 Å². The van der Waals surface area contributed by atoms with Crippen molar-refractivity contribution < 1.29 is 19.8 Å². The molecular weight excluding hydrogens is 432 g/mol. The van der Waals surface area contributed by atoms with Crippen LogP contribution in [-0.2, 0) is 0 Å². The molecule has 2 aromatic carbocycles. The number of rotatable bonds is 4. The van der Waals surface area contributed by atoms with Crippen LogP contribution in [0.3, 0.4) is 0 Å². The lowest BCUT2D eigenvalue weighted by Crippen LogP contribution is -2.33. The first-order chi connectivity index (χ1) is 15.4. The van der Waals surface area contributed by atoms with E-state index in [1.807, 2.05) is 0 Å². The zero-order valence-electron chi connectivity index (χ0n) is 16.8. The third-order valence-corrected chi connectivity index (χ3v) is 5.16. The number of aromatic hydroxyl groups is 2. The van der Waals surface area contributed by atoms with Crippen LogP contribution >= 0.6 is 11.6 Å². The minimum Gasteiger partial charge on any atom is -0.507 e. The van der Waals surface area contributed by atoms with Gasteiger partial charge in [0.15, 0.2) is 0 Å². The van der Waals surface area contributed by atoms with Gasteiger partial charge in [0.1, 0.15) is 17.2 Å². The molecule has 0 aliphatic heterocycles. The smallest absolute Gasteiger partial charge is 0.279 e. The van der Waals surface area contributed by atoms with Gasteiger partial charge in [-0.25, -0.2) is 4.68 Å². The van der Waals surface area contributed by atoms with Crippen molar-refractivity contribution in [1.29, 1.82) is 0 Å². The molecule has 2 amide bonds. The van der Waals surface area contributed by atoms with E-state index in [1.165, 1.54) is 36.3 Å². The summed E-state index contributed by atoms with van der Waals surface area (Å²) in [7, 11) is 1.29. The van der Waals surface area contributed by atoms with Crippen LogP contribution < -0.4 is 0 Å². The van der Waals surface area contributed by atoms with Gasteiger partial charge in [0.2, 0.25) is 0 Å². The van der Waals surface area contributed by atoms with Crippen molar-refractivity contribution in [2.45, 2.75) is 0 Å². The third kappa shape index (κ3) is 3.79. The first kappa shape index (κ1) is 21.1. The number of benzene rings is 2. The summed E-state index contributed by atoms with van der Waals surface area (Å²) in [6.07, 6.45) is 2.96. The van der Waals surface area contributed by atoms with Crippen LogP contribution in [-0.4, -0.2) is 48.7 Å². The number of nitrogens with zero attached hydrogens (tertiary/aromatic N) is 4. The zero-order valence-corrected chi connectivity index (χ0v) is 17.6. The molecule has 0 spiro atoms. The normalized spacial score (nSPS) is 10.7. The van der Waals surface area contributed by atoms with Crippen molar-refractivity contribution in [3.8, 4) is 28.4 Å². The summed E-state index contributed by atoms with van der Waals surface area (Å²) >= 11 is 6.29. The molecule has 32 heavy (non-hydrogen) atoms. The van der Waals surface area contributed by atoms with E-state index in [0.717, 1.165) is 11.0 Å². The topological polar surface area (TPSA) is 109 Å². The lowest BCUT2D eigenvalue weighted by atomic mass is 10.0. The largest absolute Gasteiger partial charge is 0.507 e. The molecule has 2 heterocycles. The Morgan fingerprint density at radius 3 is 2.41 bits per heavy atom. The Labute approximate surface area is 187 Å². The van der Waals surface area contributed by atoms with Gasteiger partial charge in [-0.3, -0.25) is 19.5 Å². The van der Waals surface area contributed by atoms with E-state index in [9.17, 15) is 19.8 Å². The van der Waals surface area contributed by atoms with E-state index in [0.29, 0.717) is 16.4 Å². The summed E-state index contributed by atoms with van der Waals surface area (Å²) in [5.41, 5.74) is 1.14. The number of para-hydroxylation sites is 1. The molecule has 8 nitrogen and oxygen atoms in total. The fourth-order valence-electron chi connectivity index (χ4n) is 3.21. The van der Waals surface area contributed by atoms with E-state index in [2.05, 4.69) is 10.1 Å². The molecule has 0 atom stereocenters. The molecule has 0 saturated heterocycles. The minimum absolute atomic E-state index is 0.0821. The number of phenolic OH excluding ortho intramolecular Hbond substituents is 2. The molecule has 0 aliphatic rings. The Morgan fingerprint density at radius 1 is 0.938 bits per heavy atom. The molecule has 2 aromatic heterocycles. The molecule has 4 rings (SSSR count). The first-order valence-corrected chi connectivity index (χ1v) is 9.85. The highest BCUT2D eigenvalue weighted by atomic mass is 35.5. The van der Waals surface area contributed by atoms with Gasteiger partial charge in [0, 0.05) is 24.9 Å². The Bertz CT molecular complexity index is 1320. The highest BCUT2D eigenvalue weighted by Gasteiger charge is 2.25. The molecule has 0 unspecified atom stereocenters. The van der Waals surface area contributed by atoms with Crippen LogP contribution in [0, 0.1) is 0 Å². The van der Waals surface area contributed by atoms with Crippen LogP contribution in [0.4, 0.5) is 0 Å². The van der Waals surface area contributed by atoms with Gasteiger partial charge in [-0.1, -0.05) is 29.8 Å². The Kier molecular flexibility index (Phi) is 5.61. The lowest BCUT2D eigenvalue weighted by molar-refractivity contribution is 0.0651. The van der Waals surface area contributed by atoms with Gasteiger partial charge >= 0.3 is 0 Å². The number of carbonyl (C=O) groups excluding carboxylic acids is 2. The second-order valence-corrected chi connectivity index (χ2v) is 7.26. The van der Waals surface area contributed by atoms with Gasteiger partial charge in [0.05, 0.1) is 28.2 Å². The second-order valence-electron chi connectivity index (χ2n) is 6.85. The Balaban J connectivity index is 1.76. The molecule has 0 bridgehead atoms. The van der Waals surface area contributed by atoms with Gasteiger partial charge in [0.25, 0.3) is 11.8 Å². The second kappa shape index (κ2) is 8.52. The predicted octanol–water partition coefficient (Wildman–Crippen LogP) is 3.91. The summed E-state index contributed by atoms with van der Waals surface area (Å²) in [6.45, 7) is 0. The Hall–Kier alpha value is -4.17. The van der Waals surface area contributed by atoms with Crippen LogP contribution in [0.5, 0.6) is 11.5 Å². The molecule has 0 aliphatic carbocycles. The summed E-state index contributed by atoms with van der Waals surface area (Å²) in [5, 5.41) is 25.5. The number of carbonyl (C=O) groups is 2. The summed E-state index contributed by atoms with van der Waals surface area (Å²) in [6, 6.07) is 15.8. The monoisotopic (exact) mass is 448 g/mol. The molecule has 160 valence electrons. The summed E-state index contributed by atoms with van der Waals surface area (Å²) in [4.78, 5) is 30.4. The molecule has 0 fully saturated rings. The fourth-order valence-corrected chi connectivity index (χ4v) is 3.43. The standard InChI is InChI=1S/C23H17ClN4O4/c1-27(23(32)17-7-4-5-10-25-17)22(31)15-12-14(20(29)13-21(15)30)18-9-11-26-28(18)19-8-3-2-6-16(19)24/h2-13,29-30H,1H3. The van der Waals surface area contributed by atoms with Crippen molar-refractivity contribution in [2.24, 2.45) is 0 Å². The van der Waals surface area contributed by atoms with Gasteiger partial charge in [-0.2, -0.15) is 5.10 Å². The maximum Gasteiger partial charge on any atom is 0.279 e. The maximum atomic E-state index is 13.0. The van der Waals surface area contributed by atoms with Crippen LogP contribution in [0.15, 0.2) is 73.1 Å². The highest BCUT2D eigenvalue weighted by Crippen LogP contribution is 2.37. The highest BCUT2D eigenvalue weighted by molar-refractivity contribution is 6.32. The van der Waals surface area contributed by atoms with Crippen molar-refractivity contribution in [2.75, 3.05) is 7.05 Å². The fraction of sp³-hybridized carbons (Fsp3) is 0.0435. The van der Waals surface area contributed by atoms with Crippen molar-refractivity contribution >= 4 is 23.4 Å². The van der Waals surface area contributed by atoms with Crippen LogP contribution in [0.25, 0.3) is 16.9 Å². The van der Waals surface area contributed by atoms with Gasteiger partial charge < -0.3 is 10.2 Å². The third-order valence-electron chi connectivity index (χ3n) is 4.84. The number of aromatic nitrogens is 3. The number of hydrogen-bond donors (Lipinski definition) is 2. The van der Waals surface area contributed by atoms with Crippen molar-refractivity contribution in [3.63, 3.8) is 0 Å². The lowest BCUT2D eigenvalue weighted by Gasteiger charge is -2.17. The zero-order chi connectivity index (χ0) is 22.8. The Morgan fingerprint density at radius 2 is 1.69 bits per heavy atom. The maximum absolute atomic E-state index is 13.0. The number of phenols is 2. The summed E-state index contributed by atoms with van der Waals surface area (Å²) < 4.78 is 1.51.